The molecule has 1 aliphatic heterocycles. The SMILES string of the molecule is C[C@@H](Cc1ccccc1Cl)C(=O)N[C@@H]1CCN(C(=O)Nc2ccccc2)C1. The first-order chi connectivity index (χ1) is 13.0. The quantitative estimate of drug-likeness (QED) is 0.818. The minimum Gasteiger partial charge on any atom is -0.351 e. The van der Waals surface area contributed by atoms with Crippen LogP contribution < -0.4 is 10.6 Å². The van der Waals surface area contributed by atoms with E-state index in [4.69, 9.17) is 11.6 Å². The van der Waals surface area contributed by atoms with Gasteiger partial charge in [0, 0.05) is 35.8 Å². The monoisotopic (exact) mass is 385 g/mol. The van der Waals surface area contributed by atoms with E-state index in [0.29, 0.717) is 24.5 Å². The van der Waals surface area contributed by atoms with E-state index < -0.39 is 0 Å². The van der Waals surface area contributed by atoms with Gasteiger partial charge in [0.2, 0.25) is 5.91 Å². The summed E-state index contributed by atoms with van der Waals surface area (Å²) in [5.74, 6) is -0.192. The van der Waals surface area contributed by atoms with Crippen molar-refractivity contribution in [3.05, 3.63) is 65.2 Å². The summed E-state index contributed by atoms with van der Waals surface area (Å²) >= 11 is 6.18. The van der Waals surface area contributed by atoms with Crippen LogP contribution in [-0.4, -0.2) is 36.0 Å². The third-order valence-corrected chi connectivity index (χ3v) is 5.15. The molecule has 2 aromatic carbocycles. The minimum absolute atomic E-state index is 0.00904. The van der Waals surface area contributed by atoms with Crippen molar-refractivity contribution in [2.24, 2.45) is 5.92 Å². The third kappa shape index (κ3) is 5.23. The number of carbonyl (C=O) groups is 2. The number of carbonyl (C=O) groups excluding carboxylic acids is 2. The van der Waals surface area contributed by atoms with Crippen LogP contribution in [0, 0.1) is 5.92 Å². The zero-order chi connectivity index (χ0) is 19.2. The largest absolute Gasteiger partial charge is 0.351 e. The first kappa shape index (κ1) is 19.2. The molecule has 0 bridgehead atoms. The highest BCUT2D eigenvalue weighted by Crippen LogP contribution is 2.19. The van der Waals surface area contributed by atoms with Crippen molar-refractivity contribution in [2.75, 3.05) is 18.4 Å². The van der Waals surface area contributed by atoms with E-state index in [2.05, 4.69) is 10.6 Å². The molecule has 27 heavy (non-hydrogen) atoms. The Hall–Kier alpha value is -2.53. The molecule has 0 spiro atoms. The standard InChI is InChI=1S/C21H24ClN3O2/c1-15(13-16-7-5-6-10-19(16)22)20(26)23-18-11-12-25(14-18)21(27)24-17-8-3-2-4-9-17/h2-10,15,18H,11-14H2,1H3,(H,23,26)(H,24,27)/t15-,18+/m0/s1. The molecule has 1 heterocycles. The second-order valence-corrected chi connectivity index (χ2v) is 7.34. The van der Waals surface area contributed by atoms with Crippen molar-refractivity contribution in [2.45, 2.75) is 25.8 Å². The number of para-hydroxylation sites is 1. The van der Waals surface area contributed by atoms with Crippen LogP contribution in [0.25, 0.3) is 0 Å². The number of benzene rings is 2. The molecule has 0 aromatic heterocycles. The first-order valence-electron chi connectivity index (χ1n) is 9.17. The van der Waals surface area contributed by atoms with Crippen LogP contribution in [0.1, 0.15) is 18.9 Å². The fourth-order valence-electron chi connectivity index (χ4n) is 3.22. The molecule has 1 saturated heterocycles. The Morgan fingerprint density at radius 2 is 1.85 bits per heavy atom. The van der Waals surface area contributed by atoms with Gasteiger partial charge in [-0.1, -0.05) is 54.9 Å². The van der Waals surface area contributed by atoms with E-state index in [1.807, 2.05) is 61.5 Å². The molecule has 3 amide bonds. The summed E-state index contributed by atoms with van der Waals surface area (Å²) < 4.78 is 0. The van der Waals surface area contributed by atoms with Crippen LogP contribution in [0.3, 0.4) is 0 Å². The van der Waals surface area contributed by atoms with Gasteiger partial charge in [-0.3, -0.25) is 4.79 Å². The first-order valence-corrected chi connectivity index (χ1v) is 9.55. The maximum absolute atomic E-state index is 12.5. The van der Waals surface area contributed by atoms with Crippen molar-refractivity contribution in [1.82, 2.24) is 10.2 Å². The zero-order valence-corrected chi connectivity index (χ0v) is 16.1. The van der Waals surface area contributed by atoms with Gasteiger partial charge in [-0.25, -0.2) is 4.79 Å². The number of amides is 3. The van der Waals surface area contributed by atoms with Gasteiger partial charge in [0.05, 0.1) is 0 Å². The number of rotatable bonds is 5. The number of anilines is 1. The minimum atomic E-state index is -0.183. The van der Waals surface area contributed by atoms with E-state index in [1.165, 1.54) is 0 Å². The number of nitrogens with one attached hydrogen (secondary N) is 2. The molecule has 2 aromatic rings. The summed E-state index contributed by atoms with van der Waals surface area (Å²) in [6.07, 6.45) is 1.35. The van der Waals surface area contributed by atoms with Gasteiger partial charge in [-0.05, 0) is 36.6 Å². The topological polar surface area (TPSA) is 61.4 Å². The summed E-state index contributed by atoms with van der Waals surface area (Å²) in [7, 11) is 0. The fraction of sp³-hybridized carbons (Fsp3) is 0.333. The summed E-state index contributed by atoms with van der Waals surface area (Å²) in [5.41, 5.74) is 1.74. The van der Waals surface area contributed by atoms with Gasteiger partial charge in [0.25, 0.3) is 0 Å². The van der Waals surface area contributed by atoms with Gasteiger partial charge in [-0.2, -0.15) is 0 Å². The molecule has 6 heteroatoms. The molecule has 2 atom stereocenters. The molecule has 2 N–H and O–H groups in total. The number of halogens is 1. The lowest BCUT2D eigenvalue weighted by Gasteiger charge is -2.19. The third-order valence-electron chi connectivity index (χ3n) is 4.78. The van der Waals surface area contributed by atoms with Gasteiger partial charge < -0.3 is 15.5 Å². The number of hydrogen-bond donors (Lipinski definition) is 2. The second-order valence-electron chi connectivity index (χ2n) is 6.93. The summed E-state index contributed by atoms with van der Waals surface area (Å²) in [4.78, 5) is 26.6. The second kappa shape index (κ2) is 8.91. The van der Waals surface area contributed by atoms with E-state index in [-0.39, 0.29) is 23.9 Å². The normalized spacial score (nSPS) is 17.4. The molecule has 5 nitrogen and oxygen atoms in total. The van der Waals surface area contributed by atoms with E-state index in [1.54, 1.807) is 4.90 Å². The van der Waals surface area contributed by atoms with Crippen LogP contribution in [0.5, 0.6) is 0 Å². The summed E-state index contributed by atoms with van der Waals surface area (Å²) in [6.45, 7) is 3.04. The van der Waals surface area contributed by atoms with Crippen molar-refractivity contribution in [3.8, 4) is 0 Å². The highest BCUT2D eigenvalue weighted by molar-refractivity contribution is 6.31. The van der Waals surface area contributed by atoms with Crippen molar-refractivity contribution in [1.29, 1.82) is 0 Å². The number of nitrogens with zero attached hydrogens (tertiary/aromatic N) is 1. The van der Waals surface area contributed by atoms with Gasteiger partial charge >= 0.3 is 6.03 Å². The lowest BCUT2D eigenvalue weighted by molar-refractivity contribution is -0.125. The van der Waals surface area contributed by atoms with E-state index in [9.17, 15) is 9.59 Å². The average molecular weight is 386 g/mol. The van der Waals surface area contributed by atoms with Crippen LogP contribution >= 0.6 is 11.6 Å². The van der Waals surface area contributed by atoms with Crippen LogP contribution in [0.4, 0.5) is 10.5 Å². The zero-order valence-electron chi connectivity index (χ0n) is 15.3. The van der Waals surface area contributed by atoms with Crippen molar-refractivity contribution < 1.29 is 9.59 Å². The molecule has 0 unspecified atom stereocenters. The van der Waals surface area contributed by atoms with Crippen molar-refractivity contribution in [3.63, 3.8) is 0 Å². The molecule has 0 saturated carbocycles. The lowest BCUT2D eigenvalue weighted by atomic mass is 10.00. The summed E-state index contributed by atoms with van der Waals surface area (Å²) in [6, 6.07) is 16.8. The van der Waals surface area contributed by atoms with Gasteiger partial charge in [-0.15, -0.1) is 0 Å². The molecular formula is C21H24ClN3O2. The highest BCUT2D eigenvalue weighted by Gasteiger charge is 2.28. The Morgan fingerprint density at radius 3 is 2.59 bits per heavy atom. The van der Waals surface area contributed by atoms with Crippen molar-refractivity contribution >= 4 is 29.2 Å². The average Bonchev–Trinajstić information content (AvgIpc) is 3.13. The number of hydrogen-bond acceptors (Lipinski definition) is 2. The summed E-state index contributed by atoms with van der Waals surface area (Å²) in [5, 5.41) is 6.62. The predicted molar refractivity (Wildman–Crippen MR) is 108 cm³/mol. The number of urea groups is 1. The molecule has 0 radical (unpaired) electrons. The molecule has 1 aliphatic rings. The van der Waals surface area contributed by atoms with Gasteiger partial charge in [0.15, 0.2) is 0 Å². The maximum Gasteiger partial charge on any atom is 0.321 e. The number of likely N-dealkylation sites (tertiary alicyclic amines) is 1. The Labute approximate surface area is 164 Å². The van der Waals surface area contributed by atoms with Crippen LogP contribution in [0.2, 0.25) is 5.02 Å². The van der Waals surface area contributed by atoms with E-state index in [0.717, 1.165) is 17.7 Å². The van der Waals surface area contributed by atoms with Gasteiger partial charge in [0.1, 0.15) is 0 Å². The Bertz CT molecular complexity index is 797. The smallest absolute Gasteiger partial charge is 0.321 e. The van der Waals surface area contributed by atoms with Crippen LogP contribution in [0.15, 0.2) is 54.6 Å². The Balaban J connectivity index is 1.48. The molecular weight excluding hydrogens is 362 g/mol. The van der Waals surface area contributed by atoms with Crippen LogP contribution in [-0.2, 0) is 11.2 Å². The Morgan fingerprint density at radius 1 is 1.15 bits per heavy atom. The van der Waals surface area contributed by atoms with E-state index >= 15 is 0 Å². The lowest BCUT2D eigenvalue weighted by Crippen LogP contribution is -2.42. The predicted octanol–water partition coefficient (Wildman–Crippen LogP) is 3.94. The molecule has 0 aliphatic carbocycles. The Kier molecular flexibility index (Phi) is 6.35. The molecule has 1 fully saturated rings. The molecule has 142 valence electrons. The fourth-order valence-corrected chi connectivity index (χ4v) is 3.43. The maximum atomic E-state index is 12.5. The highest BCUT2D eigenvalue weighted by atomic mass is 35.5. The molecule has 3 rings (SSSR count).